The Hall–Kier alpha value is -4.11. The maximum absolute atomic E-state index is 12.3. The summed E-state index contributed by atoms with van der Waals surface area (Å²) in [6.45, 7) is 0. The predicted molar refractivity (Wildman–Crippen MR) is 139 cm³/mol. The van der Waals surface area contributed by atoms with E-state index in [1.165, 1.54) is 12.7 Å². The van der Waals surface area contributed by atoms with Crippen LogP contribution in [0.25, 0.3) is 11.2 Å². The molecule has 37 heavy (non-hydrogen) atoms. The summed E-state index contributed by atoms with van der Waals surface area (Å²) in [5.41, 5.74) is 8.69. The highest BCUT2D eigenvalue weighted by molar-refractivity contribution is 5.81. The van der Waals surface area contributed by atoms with Crippen molar-refractivity contribution >= 4 is 17.0 Å². The van der Waals surface area contributed by atoms with E-state index in [4.69, 9.17) is 10.5 Å². The molecule has 1 unspecified atom stereocenters. The third-order valence-corrected chi connectivity index (χ3v) is 7.26. The molecule has 1 aliphatic heterocycles. The van der Waals surface area contributed by atoms with Crippen molar-refractivity contribution in [2.45, 2.75) is 36.4 Å². The number of hydrogen-bond acceptors (Lipinski definition) is 7. The fourth-order valence-electron chi connectivity index (χ4n) is 5.58. The van der Waals surface area contributed by atoms with E-state index in [0.29, 0.717) is 11.2 Å². The Morgan fingerprint density at radius 1 is 0.838 bits per heavy atom. The third-order valence-electron chi connectivity index (χ3n) is 7.26. The number of nitrogen functional groups attached to an aromatic ring is 1. The van der Waals surface area contributed by atoms with Crippen LogP contribution in [-0.2, 0) is 10.2 Å². The molecule has 6 rings (SSSR count). The quantitative estimate of drug-likeness (QED) is 0.310. The van der Waals surface area contributed by atoms with Gasteiger partial charge in [0, 0.05) is 6.42 Å². The van der Waals surface area contributed by atoms with Crippen molar-refractivity contribution in [2.24, 2.45) is 0 Å². The molecule has 0 radical (unpaired) electrons. The zero-order valence-electron chi connectivity index (χ0n) is 20.0. The van der Waals surface area contributed by atoms with Gasteiger partial charge in [-0.3, -0.25) is 4.57 Å². The minimum Gasteiger partial charge on any atom is -0.389 e. The second-order valence-corrected chi connectivity index (χ2v) is 9.30. The second kappa shape index (κ2) is 9.40. The lowest BCUT2D eigenvalue weighted by molar-refractivity contribution is -0.0857. The summed E-state index contributed by atoms with van der Waals surface area (Å²) >= 11 is 0. The highest BCUT2D eigenvalue weighted by atomic mass is 16.5. The molecule has 0 bridgehead atoms. The van der Waals surface area contributed by atoms with Gasteiger partial charge in [-0.2, -0.15) is 0 Å². The molecule has 0 aliphatic carbocycles. The molecular formula is C29H27N5O3. The van der Waals surface area contributed by atoms with Crippen LogP contribution in [0.1, 0.15) is 29.3 Å². The van der Waals surface area contributed by atoms with E-state index >= 15 is 0 Å². The van der Waals surface area contributed by atoms with Crippen molar-refractivity contribution in [2.75, 3.05) is 5.73 Å². The van der Waals surface area contributed by atoms with E-state index in [9.17, 15) is 10.2 Å². The number of aromatic nitrogens is 4. The normalized spacial score (nSPS) is 20.8. The Morgan fingerprint density at radius 3 is 1.92 bits per heavy atom. The maximum atomic E-state index is 12.3. The van der Waals surface area contributed by atoms with E-state index in [0.717, 1.165) is 16.7 Å². The highest BCUT2D eigenvalue weighted by Crippen LogP contribution is 2.46. The average Bonchev–Trinajstić information content (AvgIpc) is 3.55. The van der Waals surface area contributed by atoms with Crippen LogP contribution in [-0.4, -0.2) is 48.0 Å². The first kappa shape index (κ1) is 23.3. The second-order valence-electron chi connectivity index (χ2n) is 9.30. The lowest BCUT2D eigenvalue weighted by atomic mass is 9.64. The van der Waals surface area contributed by atoms with Crippen LogP contribution in [0.3, 0.4) is 0 Å². The molecule has 0 amide bonds. The Kier molecular flexibility index (Phi) is 5.92. The van der Waals surface area contributed by atoms with Crippen LogP contribution < -0.4 is 5.73 Å². The van der Waals surface area contributed by atoms with Gasteiger partial charge in [-0.15, -0.1) is 0 Å². The first-order valence-corrected chi connectivity index (χ1v) is 12.2. The minimum absolute atomic E-state index is 0.223. The number of imidazole rings is 1. The van der Waals surface area contributed by atoms with E-state index in [1.54, 1.807) is 4.57 Å². The van der Waals surface area contributed by atoms with Gasteiger partial charge in [-0.05, 0) is 16.7 Å². The summed E-state index contributed by atoms with van der Waals surface area (Å²) in [4.78, 5) is 12.6. The molecule has 3 aromatic carbocycles. The Labute approximate surface area is 214 Å². The zero-order valence-corrected chi connectivity index (χ0v) is 20.0. The number of anilines is 1. The molecule has 8 heteroatoms. The predicted octanol–water partition coefficient (Wildman–Crippen LogP) is 3.45. The Bertz CT molecular complexity index is 1400. The molecule has 1 saturated heterocycles. The van der Waals surface area contributed by atoms with Gasteiger partial charge < -0.3 is 20.7 Å². The number of fused-ring (bicyclic) bond motifs is 1. The van der Waals surface area contributed by atoms with Crippen molar-refractivity contribution in [3.8, 4) is 0 Å². The first-order chi connectivity index (χ1) is 18.1. The Balaban J connectivity index is 1.47. The van der Waals surface area contributed by atoms with Gasteiger partial charge in [0.2, 0.25) is 0 Å². The zero-order chi connectivity index (χ0) is 25.4. The lowest BCUT2D eigenvalue weighted by Gasteiger charge is -2.42. The van der Waals surface area contributed by atoms with Crippen molar-refractivity contribution in [1.82, 2.24) is 19.5 Å². The monoisotopic (exact) mass is 493 g/mol. The standard InChI is InChI=1S/C29H27N5O3/c30-26-24-27(32-17-31-26)34(18-33-24)28-22(35)16-23(37-28)25(36)29(19-10-4-1-5-11-19,20-12-6-2-7-13-20)21-14-8-3-9-15-21/h1-15,17-18,22-23,25,28,35-36H,16H2,(H2,30,31,32)/t22-,23+,25?,28-/m1/s1. The summed E-state index contributed by atoms with van der Waals surface area (Å²) in [5, 5.41) is 23.4. The fourth-order valence-corrected chi connectivity index (χ4v) is 5.58. The summed E-state index contributed by atoms with van der Waals surface area (Å²) in [7, 11) is 0. The number of nitrogens with two attached hydrogens (primary N) is 1. The molecule has 8 nitrogen and oxygen atoms in total. The summed E-state index contributed by atoms with van der Waals surface area (Å²) < 4.78 is 8.07. The third kappa shape index (κ3) is 3.77. The van der Waals surface area contributed by atoms with E-state index in [-0.39, 0.29) is 12.2 Å². The van der Waals surface area contributed by atoms with Gasteiger partial charge in [0.1, 0.15) is 17.9 Å². The van der Waals surface area contributed by atoms with Gasteiger partial charge in [-0.1, -0.05) is 91.0 Å². The Morgan fingerprint density at radius 2 is 1.38 bits per heavy atom. The van der Waals surface area contributed by atoms with Gasteiger partial charge >= 0.3 is 0 Å². The molecule has 0 spiro atoms. The minimum atomic E-state index is -1.03. The van der Waals surface area contributed by atoms with Crippen LogP contribution in [0.4, 0.5) is 5.82 Å². The molecule has 1 fully saturated rings. The lowest BCUT2D eigenvalue weighted by Crippen LogP contribution is -2.48. The van der Waals surface area contributed by atoms with Crippen molar-refractivity contribution in [1.29, 1.82) is 0 Å². The first-order valence-electron chi connectivity index (χ1n) is 12.2. The molecule has 0 saturated carbocycles. The van der Waals surface area contributed by atoms with Crippen LogP contribution in [0.5, 0.6) is 0 Å². The summed E-state index contributed by atoms with van der Waals surface area (Å²) in [5.74, 6) is 0.254. The van der Waals surface area contributed by atoms with Gasteiger partial charge in [-0.25, -0.2) is 15.0 Å². The number of aliphatic hydroxyl groups excluding tert-OH is 2. The van der Waals surface area contributed by atoms with Crippen molar-refractivity contribution in [3.63, 3.8) is 0 Å². The summed E-state index contributed by atoms with van der Waals surface area (Å²) in [6.07, 6.45) is -0.301. The molecule has 1 aliphatic rings. The highest BCUT2D eigenvalue weighted by Gasteiger charge is 2.51. The average molecular weight is 494 g/mol. The number of hydrogen-bond donors (Lipinski definition) is 3. The van der Waals surface area contributed by atoms with E-state index in [2.05, 4.69) is 15.0 Å². The molecule has 2 aromatic heterocycles. The number of benzene rings is 3. The van der Waals surface area contributed by atoms with Crippen LogP contribution in [0, 0.1) is 0 Å². The smallest absolute Gasteiger partial charge is 0.167 e. The van der Waals surface area contributed by atoms with E-state index < -0.39 is 30.0 Å². The van der Waals surface area contributed by atoms with Crippen molar-refractivity contribution < 1.29 is 14.9 Å². The topological polar surface area (TPSA) is 119 Å². The molecular weight excluding hydrogens is 466 g/mol. The van der Waals surface area contributed by atoms with Crippen molar-refractivity contribution in [3.05, 3.63) is 120 Å². The van der Waals surface area contributed by atoms with Gasteiger partial charge in [0.05, 0.1) is 24.0 Å². The summed E-state index contributed by atoms with van der Waals surface area (Å²) in [6, 6.07) is 29.8. The number of nitrogens with zero attached hydrogens (tertiary/aromatic N) is 4. The largest absolute Gasteiger partial charge is 0.389 e. The number of ether oxygens (including phenoxy) is 1. The van der Waals surface area contributed by atoms with Crippen LogP contribution >= 0.6 is 0 Å². The molecule has 186 valence electrons. The SMILES string of the molecule is Nc1ncnc2c1ncn2[C@@H]1O[C@H](C(O)C(c2ccccc2)(c2ccccc2)c2ccccc2)C[C@H]1O. The van der Waals surface area contributed by atoms with Crippen LogP contribution in [0.2, 0.25) is 0 Å². The number of rotatable bonds is 6. The molecule has 5 aromatic rings. The van der Waals surface area contributed by atoms with Gasteiger partial charge in [0.15, 0.2) is 17.7 Å². The fraction of sp³-hybridized carbons (Fsp3) is 0.207. The van der Waals surface area contributed by atoms with Crippen LogP contribution in [0.15, 0.2) is 104 Å². The number of aliphatic hydroxyl groups is 2. The molecule has 4 N–H and O–H groups in total. The molecule has 3 heterocycles. The van der Waals surface area contributed by atoms with Gasteiger partial charge in [0.25, 0.3) is 0 Å². The maximum Gasteiger partial charge on any atom is 0.167 e. The van der Waals surface area contributed by atoms with E-state index in [1.807, 2.05) is 91.0 Å². The molecule has 4 atom stereocenters.